The number of benzene rings is 1. The minimum absolute atomic E-state index is 0.211. The molecule has 0 bridgehead atoms. The van der Waals surface area contributed by atoms with Gasteiger partial charge < -0.3 is 4.43 Å². The fraction of sp³-hybridized carbons (Fsp3) is 0.231. The van der Waals surface area contributed by atoms with Crippen LogP contribution in [0, 0.1) is 6.92 Å². The number of alkyl halides is 1. The van der Waals surface area contributed by atoms with Gasteiger partial charge in [0.05, 0.1) is 6.10 Å². The molecule has 0 aliphatic rings. The zero-order valence-corrected chi connectivity index (χ0v) is 12.5. The molecule has 0 fully saturated rings. The molecule has 0 aliphatic carbocycles. The second kappa shape index (κ2) is 5.48. The maximum atomic E-state index is 6.44. The molecule has 1 nitrogen and oxygen atoms in total. The predicted octanol–water partition coefficient (Wildman–Crippen LogP) is 2.68. The van der Waals surface area contributed by atoms with E-state index in [-0.39, 0.29) is 6.10 Å². The summed E-state index contributed by atoms with van der Waals surface area (Å²) in [4.78, 5) is -0.742. The monoisotopic (exact) mass is 252 g/mol. The Morgan fingerprint density at radius 2 is 1.94 bits per heavy atom. The number of aryl methyl sites for hydroxylation is 1. The van der Waals surface area contributed by atoms with Gasteiger partial charge in [0.1, 0.15) is 15.4 Å². The summed E-state index contributed by atoms with van der Waals surface area (Å²) in [6.07, 6.45) is 3.14. The standard InChI is InChI=1S/C13H17ClOSi/c1-4-13(14,5-2)12(15-16)11-9-7-6-8-10(11)3/h4-9,12H,1-2H2,3,16H3. The lowest BCUT2D eigenvalue weighted by molar-refractivity contribution is 0.209. The smallest absolute Gasteiger partial charge is 0.147 e. The first kappa shape index (κ1) is 13.2. The van der Waals surface area contributed by atoms with Crippen molar-refractivity contribution in [2.45, 2.75) is 17.9 Å². The van der Waals surface area contributed by atoms with Gasteiger partial charge in [-0.2, -0.15) is 0 Å². The minimum Gasteiger partial charge on any atom is -0.419 e. The highest BCUT2D eigenvalue weighted by atomic mass is 35.5. The maximum absolute atomic E-state index is 6.44. The molecule has 0 amide bonds. The Morgan fingerprint density at radius 1 is 1.38 bits per heavy atom. The van der Waals surface area contributed by atoms with Crippen LogP contribution < -0.4 is 0 Å². The molecular weight excluding hydrogens is 236 g/mol. The first-order chi connectivity index (χ1) is 7.59. The molecule has 1 aromatic carbocycles. The third-order valence-electron chi connectivity index (χ3n) is 2.73. The van der Waals surface area contributed by atoms with E-state index in [1.54, 1.807) is 12.2 Å². The van der Waals surface area contributed by atoms with Gasteiger partial charge in [0, 0.05) is 0 Å². The van der Waals surface area contributed by atoms with Crippen molar-refractivity contribution >= 4 is 22.1 Å². The van der Waals surface area contributed by atoms with E-state index >= 15 is 0 Å². The zero-order chi connectivity index (χ0) is 12.2. The van der Waals surface area contributed by atoms with Gasteiger partial charge in [-0.05, 0) is 18.1 Å². The van der Waals surface area contributed by atoms with E-state index in [1.165, 1.54) is 0 Å². The second-order valence-electron chi connectivity index (χ2n) is 3.71. The molecule has 0 radical (unpaired) electrons. The average molecular weight is 253 g/mol. The molecule has 1 unspecified atom stereocenters. The maximum Gasteiger partial charge on any atom is 0.147 e. The Morgan fingerprint density at radius 3 is 2.38 bits per heavy atom. The summed E-state index contributed by atoms with van der Waals surface area (Å²) in [7, 11) is 0.615. The number of hydrogen-bond donors (Lipinski definition) is 0. The minimum atomic E-state index is -0.742. The van der Waals surface area contributed by atoms with Crippen LogP contribution in [0.1, 0.15) is 17.2 Å². The number of hydrogen-bond acceptors (Lipinski definition) is 1. The van der Waals surface area contributed by atoms with E-state index in [1.807, 2.05) is 31.2 Å². The summed E-state index contributed by atoms with van der Waals surface area (Å²) >= 11 is 6.44. The largest absolute Gasteiger partial charge is 0.419 e. The quantitative estimate of drug-likeness (QED) is 0.445. The average Bonchev–Trinajstić information content (AvgIpc) is 2.32. The fourth-order valence-electron chi connectivity index (χ4n) is 1.72. The molecule has 1 rings (SSSR count). The number of rotatable bonds is 5. The van der Waals surface area contributed by atoms with Gasteiger partial charge in [0.2, 0.25) is 0 Å². The summed E-state index contributed by atoms with van der Waals surface area (Å²) in [5.41, 5.74) is 2.25. The van der Waals surface area contributed by atoms with Gasteiger partial charge in [-0.25, -0.2) is 0 Å². The second-order valence-corrected chi connectivity index (χ2v) is 4.83. The topological polar surface area (TPSA) is 9.23 Å². The van der Waals surface area contributed by atoms with Crippen LogP contribution in [0.2, 0.25) is 0 Å². The SMILES string of the molecule is C=CC(Cl)(C=C)C(O[SiH3])c1ccccc1C. The van der Waals surface area contributed by atoms with Crippen LogP contribution in [-0.2, 0) is 4.43 Å². The summed E-state index contributed by atoms with van der Waals surface area (Å²) in [5.74, 6) is 0. The highest BCUT2D eigenvalue weighted by molar-refractivity contribution is 6.27. The molecule has 0 aliphatic heterocycles. The first-order valence-corrected chi connectivity index (χ1v) is 6.33. The molecule has 0 saturated heterocycles. The van der Waals surface area contributed by atoms with Crippen LogP contribution in [-0.4, -0.2) is 15.4 Å². The van der Waals surface area contributed by atoms with Gasteiger partial charge >= 0.3 is 0 Å². The molecule has 16 heavy (non-hydrogen) atoms. The fourth-order valence-corrected chi connectivity index (χ4v) is 2.72. The van der Waals surface area contributed by atoms with Gasteiger partial charge in [0.15, 0.2) is 0 Å². The lowest BCUT2D eigenvalue weighted by atomic mass is 9.92. The normalized spacial score (nSPS) is 13.4. The van der Waals surface area contributed by atoms with Gasteiger partial charge in [-0.3, -0.25) is 0 Å². The van der Waals surface area contributed by atoms with Crippen molar-refractivity contribution in [3.63, 3.8) is 0 Å². The Bertz CT molecular complexity index is 381. The predicted molar refractivity (Wildman–Crippen MR) is 73.9 cm³/mol. The molecule has 1 aromatic rings. The highest BCUT2D eigenvalue weighted by Gasteiger charge is 2.32. The van der Waals surface area contributed by atoms with Crippen molar-refractivity contribution in [2.75, 3.05) is 0 Å². The Balaban J connectivity index is 3.22. The Kier molecular flexibility index (Phi) is 4.53. The van der Waals surface area contributed by atoms with E-state index in [2.05, 4.69) is 13.2 Å². The van der Waals surface area contributed by atoms with Crippen LogP contribution in [0.3, 0.4) is 0 Å². The van der Waals surface area contributed by atoms with Crippen molar-refractivity contribution in [3.05, 3.63) is 60.7 Å². The number of halogens is 1. The Labute approximate surface area is 105 Å². The molecule has 3 heteroatoms. The lowest BCUT2D eigenvalue weighted by Gasteiger charge is -2.30. The van der Waals surface area contributed by atoms with Crippen LogP contribution >= 0.6 is 11.6 Å². The van der Waals surface area contributed by atoms with E-state index in [0.29, 0.717) is 10.5 Å². The first-order valence-electron chi connectivity index (χ1n) is 5.13. The van der Waals surface area contributed by atoms with E-state index in [4.69, 9.17) is 16.0 Å². The van der Waals surface area contributed by atoms with Crippen LogP contribution in [0.25, 0.3) is 0 Å². The third-order valence-corrected chi connectivity index (χ3v) is 3.71. The summed E-state index contributed by atoms with van der Waals surface area (Å²) in [6.45, 7) is 9.57. The van der Waals surface area contributed by atoms with Gasteiger partial charge in [-0.1, -0.05) is 36.4 Å². The third kappa shape index (κ3) is 2.46. The molecule has 0 saturated carbocycles. The molecule has 0 heterocycles. The van der Waals surface area contributed by atoms with E-state index < -0.39 is 4.87 Å². The van der Waals surface area contributed by atoms with Crippen molar-refractivity contribution in [3.8, 4) is 0 Å². The van der Waals surface area contributed by atoms with E-state index in [0.717, 1.165) is 11.1 Å². The van der Waals surface area contributed by atoms with Crippen LogP contribution in [0.4, 0.5) is 0 Å². The van der Waals surface area contributed by atoms with Crippen molar-refractivity contribution in [1.29, 1.82) is 0 Å². The van der Waals surface area contributed by atoms with Gasteiger partial charge in [-0.15, -0.1) is 24.8 Å². The molecule has 0 aromatic heterocycles. The van der Waals surface area contributed by atoms with Crippen molar-refractivity contribution in [2.24, 2.45) is 0 Å². The van der Waals surface area contributed by atoms with Crippen molar-refractivity contribution in [1.82, 2.24) is 0 Å². The molecule has 1 atom stereocenters. The van der Waals surface area contributed by atoms with Crippen molar-refractivity contribution < 1.29 is 4.43 Å². The molecule has 86 valence electrons. The molecule has 0 N–H and O–H groups in total. The highest BCUT2D eigenvalue weighted by Crippen LogP contribution is 2.37. The lowest BCUT2D eigenvalue weighted by Crippen LogP contribution is -2.27. The Hall–Kier alpha value is -0.833. The zero-order valence-electron chi connectivity index (χ0n) is 9.74. The van der Waals surface area contributed by atoms with Gasteiger partial charge in [0.25, 0.3) is 0 Å². The summed E-state index contributed by atoms with van der Waals surface area (Å²) in [6, 6.07) is 8.06. The summed E-state index contributed by atoms with van der Waals surface area (Å²) < 4.78 is 5.63. The summed E-state index contributed by atoms with van der Waals surface area (Å²) in [5, 5.41) is 0. The van der Waals surface area contributed by atoms with Crippen LogP contribution in [0.5, 0.6) is 0 Å². The molecule has 0 spiro atoms. The van der Waals surface area contributed by atoms with Crippen LogP contribution in [0.15, 0.2) is 49.6 Å². The molecular formula is C13H17ClOSi. The van der Waals surface area contributed by atoms with E-state index in [9.17, 15) is 0 Å².